The van der Waals surface area contributed by atoms with Gasteiger partial charge in [0.25, 0.3) is 0 Å². The van der Waals surface area contributed by atoms with Crippen molar-refractivity contribution in [3.63, 3.8) is 0 Å². The van der Waals surface area contributed by atoms with Gasteiger partial charge in [-0.15, -0.1) is 0 Å². The molecule has 0 saturated carbocycles. The Kier molecular flexibility index (Phi) is 3.28. The molecule has 0 spiro atoms. The molecule has 0 atom stereocenters. The van der Waals surface area contributed by atoms with E-state index in [0.717, 1.165) is 50.1 Å². The molecule has 1 saturated heterocycles. The summed E-state index contributed by atoms with van der Waals surface area (Å²) in [6, 6.07) is 4.80. The predicted octanol–water partition coefficient (Wildman–Crippen LogP) is 2.70. The second-order valence-corrected chi connectivity index (χ2v) is 6.62. The van der Waals surface area contributed by atoms with Crippen LogP contribution in [0.5, 0.6) is 0 Å². The zero-order chi connectivity index (χ0) is 14.3. The van der Waals surface area contributed by atoms with Gasteiger partial charge >= 0.3 is 0 Å². The molecule has 1 aromatic rings. The van der Waals surface area contributed by atoms with E-state index >= 15 is 0 Å². The average Bonchev–Trinajstić information content (AvgIpc) is 2.71. The monoisotopic (exact) mass is 275 g/mol. The average molecular weight is 275 g/mol. The van der Waals surface area contributed by atoms with Crippen molar-refractivity contribution < 1.29 is 4.39 Å². The maximum Gasteiger partial charge on any atom is 0.128 e. The molecule has 108 valence electrons. The fourth-order valence-corrected chi connectivity index (χ4v) is 3.27. The zero-order valence-electron chi connectivity index (χ0n) is 12.2. The minimum atomic E-state index is -0.249. The van der Waals surface area contributed by atoms with E-state index in [9.17, 15) is 4.39 Å². The summed E-state index contributed by atoms with van der Waals surface area (Å²) < 4.78 is 13.3. The van der Waals surface area contributed by atoms with E-state index in [-0.39, 0.29) is 11.2 Å². The summed E-state index contributed by atoms with van der Waals surface area (Å²) in [6.07, 6.45) is 2.33. The second kappa shape index (κ2) is 4.85. The molecular weight excluding hydrogens is 253 g/mol. The summed E-state index contributed by atoms with van der Waals surface area (Å²) in [5.74, 6) is 0.237. The van der Waals surface area contributed by atoms with Gasteiger partial charge in [0.05, 0.1) is 0 Å². The highest BCUT2D eigenvalue weighted by atomic mass is 19.1. The molecule has 0 radical (unpaired) electrons. The molecule has 2 aliphatic rings. The van der Waals surface area contributed by atoms with Crippen molar-refractivity contribution in [1.82, 2.24) is 9.80 Å². The Morgan fingerprint density at radius 1 is 1.30 bits per heavy atom. The SMILES string of the molecule is CN1CCC(C)(CN2Cc3ccc(F)cc3C2=N)CC1. The van der Waals surface area contributed by atoms with Crippen molar-refractivity contribution in [3.05, 3.63) is 35.1 Å². The van der Waals surface area contributed by atoms with E-state index in [1.165, 1.54) is 12.1 Å². The number of piperidine rings is 1. The fraction of sp³-hybridized carbons (Fsp3) is 0.562. The lowest BCUT2D eigenvalue weighted by Gasteiger charge is -2.40. The van der Waals surface area contributed by atoms with Crippen molar-refractivity contribution in [1.29, 1.82) is 5.41 Å². The molecule has 3 nitrogen and oxygen atoms in total. The first-order valence-electron chi connectivity index (χ1n) is 7.28. The van der Waals surface area contributed by atoms with Crippen LogP contribution in [-0.4, -0.2) is 42.3 Å². The number of benzene rings is 1. The van der Waals surface area contributed by atoms with Crippen LogP contribution in [0.25, 0.3) is 0 Å². The Balaban J connectivity index is 1.73. The van der Waals surface area contributed by atoms with E-state index in [4.69, 9.17) is 5.41 Å². The summed E-state index contributed by atoms with van der Waals surface area (Å²) >= 11 is 0. The third-order valence-corrected chi connectivity index (χ3v) is 4.77. The van der Waals surface area contributed by atoms with Crippen LogP contribution < -0.4 is 0 Å². The molecule has 0 amide bonds. The van der Waals surface area contributed by atoms with Crippen molar-refractivity contribution in [3.8, 4) is 0 Å². The minimum absolute atomic E-state index is 0.249. The minimum Gasteiger partial charge on any atom is -0.352 e. The number of hydrogen-bond donors (Lipinski definition) is 1. The summed E-state index contributed by atoms with van der Waals surface area (Å²) in [5.41, 5.74) is 2.11. The van der Waals surface area contributed by atoms with E-state index in [0.29, 0.717) is 5.84 Å². The molecule has 0 aliphatic carbocycles. The van der Waals surface area contributed by atoms with Crippen LogP contribution in [0.3, 0.4) is 0 Å². The van der Waals surface area contributed by atoms with Crippen molar-refractivity contribution in [2.75, 3.05) is 26.7 Å². The third kappa shape index (κ3) is 2.44. The summed E-state index contributed by atoms with van der Waals surface area (Å²) in [5, 5.41) is 8.28. The molecule has 3 rings (SSSR count). The van der Waals surface area contributed by atoms with Gasteiger partial charge in [-0.05, 0) is 56.1 Å². The molecule has 1 N–H and O–H groups in total. The van der Waals surface area contributed by atoms with Gasteiger partial charge in [-0.1, -0.05) is 13.0 Å². The molecule has 2 heterocycles. The summed E-state index contributed by atoms with van der Waals surface area (Å²) in [7, 11) is 2.16. The Morgan fingerprint density at radius 2 is 2.00 bits per heavy atom. The molecule has 1 fully saturated rings. The number of fused-ring (bicyclic) bond motifs is 1. The Bertz CT molecular complexity index is 533. The molecule has 0 bridgehead atoms. The number of nitrogens with zero attached hydrogens (tertiary/aromatic N) is 2. The topological polar surface area (TPSA) is 30.3 Å². The smallest absolute Gasteiger partial charge is 0.128 e. The first-order chi connectivity index (χ1) is 9.47. The van der Waals surface area contributed by atoms with Crippen LogP contribution in [0, 0.1) is 16.6 Å². The van der Waals surface area contributed by atoms with Gasteiger partial charge in [-0.2, -0.15) is 0 Å². The predicted molar refractivity (Wildman–Crippen MR) is 78.5 cm³/mol. The lowest BCUT2D eigenvalue weighted by Crippen LogP contribution is -2.43. The highest BCUT2D eigenvalue weighted by molar-refractivity contribution is 6.00. The van der Waals surface area contributed by atoms with Crippen LogP contribution >= 0.6 is 0 Å². The van der Waals surface area contributed by atoms with Crippen LogP contribution in [0.2, 0.25) is 0 Å². The maximum atomic E-state index is 13.3. The number of halogens is 1. The molecule has 20 heavy (non-hydrogen) atoms. The largest absolute Gasteiger partial charge is 0.352 e. The first kappa shape index (κ1) is 13.6. The fourth-order valence-electron chi connectivity index (χ4n) is 3.27. The normalized spacial score (nSPS) is 22.1. The van der Waals surface area contributed by atoms with Gasteiger partial charge in [0, 0.05) is 18.7 Å². The highest BCUT2D eigenvalue weighted by Gasteiger charge is 2.34. The summed E-state index contributed by atoms with van der Waals surface area (Å²) in [6.45, 7) is 6.21. The molecule has 0 unspecified atom stereocenters. The van der Waals surface area contributed by atoms with Gasteiger partial charge in [-0.3, -0.25) is 5.41 Å². The second-order valence-electron chi connectivity index (χ2n) is 6.62. The Morgan fingerprint density at radius 3 is 2.70 bits per heavy atom. The van der Waals surface area contributed by atoms with E-state index in [1.807, 2.05) is 6.07 Å². The van der Waals surface area contributed by atoms with Crippen molar-refractivity contribution in [2.45, 2.75) is 26.3 Å². The molecular formula is C16H22FN3. The Labute approximate surface area is 119 Å². The van der Waals surface area contributed by atoms with Crippen LogP contribution in [-0.2, 0) is 6.54 Å². The first-order valence-corrected chi connectivity index (χ1v) is 7.28. The van der Waals surface area contributed by atoms with E-state index in [1.54, 1.807) is 0 Å². The lowest BCUT2D eigenvalue weighted by atomic mass is 9.80. The summed E-state index contributed by atoms with van der Waals surface area (Å²) in [4.78, 5) is 4.47. The third-order valence-electron chi connectivity index (χ3n) is 4.77. The number of nitrogens with one attached hydrogen (secondary N) is 1. The molecule has 2 aliphatic heterocycles. The quantitative estimate of drug-likeness (QED) is 0.899. The standard InChI is InChI=1S/C16H22FN3/c1-16(5-7-19(2)8-6-16)11-20-10-12-3-4-13(17)9-14(12)15(20)18/h3-4,9,18H,5-8,10-11H2,1-2H3. The van der Waals surface area contributed by atoms with Crippen LogP contribution in [0.4, 0.5) is 4.39 Å². The number of amidine groups is 1. The molecule has 0 aromatic heterocycles. The Hall–Kier alpha value is -1.42. The van der Waals surface area contributed by atoms with E-state index < -0.39 is 0 Å². The molecule has 4 heteroatoms. The number of rotatable bonds is 2. The number of likely N-dealkylation sites (tertiary alicyclic amines) is 1. The zero-order valence-corrected chi connectivity index (χ0v) is 12.2. The van der Waals surface area contributed by atoms with E-state index in [2.05, 4.69) is 23.8 Å². The van der Waals surface area contributed by atoms with Gasteiger partial charge < -0.3 is 9.80 Å². The highest BCUT2D eigenvalue weighted by Crippen LogP contribution is 2.34. The van der Waals surface area contributed by atoms with Gasteiger partial charge in [0.2, 0.25) is 0 Å². The lowest BCUT2D eigenvalue weighted by molar-refractivity contribution is 0.111. The van der Waals surface area contributed by atoms with Crippen LogP contribution in [0.1, 0.15) is 30.9 Å². The molecule has 1 aromatic carbocycles. The van der Waals surface area contributed by atoms with Gasteiger partial charge in [-0.25, -0.2) is 4.39 Å². The van der Waals surface area contributed by atoms with Crippen molar-refractivity contribution >= 4 is 5.84 Å². The maximum absolute atomic E-state index is 13.3. The number of hydrogen-bond acceptors (Lipinski definition) is 2. The van der Waals surface area contributed by atoms with Crippen molar-refractivity contribution in [2.24, 2.45) is 5.41 Å². The van der Waals surface area contributed by atoms with Gasteiger partial charge in [0.1, 0.15) is 11.7 Å². The van der Waals surface area contributed by atoms with Gasteiger partial charge in [0.15, 0.2) is 0 Å². The van der Waals surface area contributed by atoms with Crippen LogP contribution in [0.15, 0.2) is 18.2 Å².